The quantitative estimate of drug-likeness (QED) is 0.613. The van der Waals surface area contributed by atoms with E-state index in [1.54, 1.807) is 0 Å². The lowest BCUT2D eigenvalue weighted by molar-refractivity contribution is 0.466. The average Bonchev–Trinajstić information content (AvgIpc) is 1.95. The first-order valence-corrected chi connectivity index (χ1v) is 4.39. The minimum atomic E-state index is 0.304. The van der Waals surface area contributed by atoms with Gasteiger partial charge in [-0.3, -0.25) is 0 Å². The number of phenols is 1. The van der Waals surface area contributed by atoms with Crippen LogP contribution in [0.15, 0.2) is 18.2 Å². The number of benzene rings is 1. The summed E-state index contributed by atoms with van der Waals surface area (Å²) >= 11 is 7.61. The van der Waals surface area contributed by atoms with E-state index in [9.17, 15) is 5.11 Å². The largest absolute Gasteiger partial charge is 0.507 e. The van der Waals surface area contributed by atoms with Crippen molar-refractivity contribution in [3.8, 4) is 5.75 Å². The van der Waals surface area contributed by atoms with E-state index in [1.165, 1.54) is 0 Å². The molecule has 1 nitrogen and oxygen atoms in total. The third-order valence-corrected chi connectivity index (χ3v) is 2.37. The first-order valence-electron chi connectivity index (χ1n) is 2.78. The van der Waals surface area contributed by atoms with Gasteiger partial charge >= 0.3 is 0 Å². The number of aromatic hydroxyl groups is 1. The van der Waals surface area contributed by atoms with Crippen LogP contribution in [-0.2, 0) is 5.88 Å². The van der Waals surface area contributed by atoms with Crippen LogP contribution in [0.1, 0.15) is 5.56 Å². The molecule has 54 valence electrons. The molecule has 0 aliphatic rings. The van der Waals surface area contributed by atoms with Crippen LogP contribution in [0.5, 0.6) is 5.75 Å². The number of halogens is 2. The first kappa shape index (κ1) is 8.14. The number of phenolic OH excluding ortho intramolecular Hbond substituents is 1. The predicted molar refractivity (Wildman–Crippen MR) is 50.4 cm³/mol. The number of rotatable bonds is 1. The highest BCUT2D eigenvalue weighted by Gasteiger charge is 2.01. The molecule has 10 heavy (non-hydrogen) atoms. The monoisotopic (exact) mass is 268 g/mol. The zero-order valence-corrected chi connectivity index (χ0v) is 8.06. The van der Waals surface area contributed by atoms with Crippen molar-refractivity contribution in [3.63, 3.8) is 0 Å². The van der Waals surface area contributed by atoms with Crippen LogP contribution in [0.2, 0.25) is 0 Å². The third kappa shape index (κ3) is 1.55. The van der Waals surface area contributed by atoms with Crippen LogP contribution in [0.3, 0.4) is 0 Å². The summed E-state index contributed by atoms with van der Waals surface area (Å²) in [6.07, 6.45) is 0. The van der Waals surface area contributed by atoms with Gasteiger partial charge in [-0.05, 0) is 28.7 Å². The lowest BCUT2D eigenvalue weighted by atomic mass is 10.2. The molecule has 0 aliphatic heterocycles. The van der Waals surface area contributed by atoms with Gasteiger partial charge in [0.2, 0.25) is 0 Å². The molecule has 0 fully saturated rings. The molecule has 1 N–H and O–H groups in total. The molecule has 0 amide bonds. The Balaban J connectivity index is 3.14. The van der Waals surface area contributed by atoms with Crippen molar-refractivity contribution in [2.75, 3.05) is 0 Å². The molecule has 0 saturated carbocycles. The molecule has 0 heterocycles. The molecule has 0 unspecified atom stereocenters. The van der Waals surface area contributed by atoms with Crippen molar-refractivity contribution in [3.05, 3.63) is 27.3 Å². The molecule has 1 aromatic carbocycles. The van der Waals surface area contributed by atoms with Gasteiger partial charge in [-0.2, -0.15) is 0 Å². The maximum Gasteiger partial charge on any atom is 0.133 e. The molecular weight excluding hydrogens is 262 g/mol. The first-order chi connectivity index (χ1) is 4.75. The highest BCUT2D eigenvalue weighted by atomic mass is 127. The van der Waals surface area contributed by atoms with Crippen LogP contribution in [0, 0.1) is 3.57 Å². The van der Waals surface area contributed by atoms with Gasteiger partial charge in [-0.15, -0.1) is 11.6 Å². The predicted octanol–water partition coefficient (Wildman–Crippen LogP) is 2.74. The molecular formula is C7H6ClIO. The fraction of sp³-hybridized carbons (Fsp3) is 0.143. The Morgan fingerprint density at radius 3 is 2.70 bits per heavy atom. The van der Waals surface area contributed by atoms with E-state index in [0.29, 0.717) is 11.6 Å². The van der Waals surface area contributed by atoms with Crippen molar-refractivity contribution in [1.82, 2.24) is 0 Å². The summed E-state index contributed by atoms with van der Waals surface area (Å²) in [5.41, 5.74) is 0.786. The number of hydrogen-bond donors (Lipinski definition) is 1. The van der Waals surface area contributed by atoms with Crippen LogP contribution in [0.25, 0.3) is 0 Å². The van der Waals surface area contributed by atoms with E-state index in [2.05, 4.69) is 22.6 Å². The highest BCUT2D eigenvalue weighted by Crippen LogP contribution is 2.24. The lowest BCUT2D eigenvalue weighted by Gasteiger charge is -2.00. The van der Waals surface area contributed by atoms with E-state index >= 15 is 0 Å². The topological polar surface area (TPSA) is 20.2 Å². The summed E-state index contributed by atoms with van der Waals surface area (Å²) in [7, 11) is 0. The number of alkyl halides is 1. The lowest BCUT2D eigenvalue weighted by Crippen LogP contribution is -1.81. The van der Waals surface area contributed by atoms with Gasteiger partial charge in [0, 0.05) is 5.56 Å². The maximum atomic E-state index is 9.31. The number of hydrogen-bond acceptors (Lipinski definition) is 1. The van der Waals surface area contributed by atoms with Gasteiger partial charge in [-0.1, -0.05) is 12.1 Å². The Morgan fingerprint density at radius 2 is 2.20 bits per heavy atom. The Bertz CT molecular complexity index is 237. The molecule has 0 atom stereocenters. The van der Waals surface area contributed by atoms with Crippen LogP contribution in [0.4, 0.5) is 0 Å². The number of para-hydroxylation sites is 1. The summed E-state index contributed by atoms with van der Waals surface area (Å²) in [6.45, 7) is 0. The summed E-state index contributed by atoms with van der Waals surface area (Å²) in [5.74, 6) is 0.668. The van der Waals surface area contributed by atoms with Crippen molar-refractivity contribution >= 4 is 34.2 Å². The Kier molecular flexibility index (Phi) is 2.80. The molecule has 1 rings (SSSR count). The van der Waals surface area contributed by atoms with Gasteiger partial charge in [-0.25, -0.2) is 0 Å². The maximum absolute atomic E-state index is 9.31. The molecule has 0 saturated heterocycles. The third-order valence-electron chi connectivity index (χ3n) is 1.21. The van der Waals surface area contributed by atoms with E-state index < -0.39 is 0 Å². The van der Waals surface area contributed by atoms with Crippen molar-refractivity contribution in [2.24, 2.45) is 0 Å². The minimum Gasteiger partial charge on any atom is -0.507 e. The summed E-state index contributed by atoms with van der Waals surface area (Å²) in [5, 5.41) is 9.31. The molecule has 0 bridgehead atoms. The highest BCUT2D eigenvalue weighted by molar-refractivity contribution is 14.1. The van der Waals surface area contributed by atoms with Crippen LogP contribution >= 0.6 is 34.2 Å². The van der Waals surface area contributed by atoms with E-state index in [-0.39, 0.29) is 0 Å². The van der Waals surface area contributed by atoms with E-state index in [0.717, 1.165) is 9.13 Å². The standard InChI is InChI=1S/C7H6ClIO/c8-4-5-2-1-3-6(9)7(5)10/h1-3,10H,4H2. The van der Waals surface area contributed by atoms with Gasteiger partial charge in [0.15, 0.2) is 0 Å². The Morgan fingerprint density at radius 1 is 1.50 bits per heavy atom. The molecule has 0 aliphatic carbocycles. The van der Waals surface area contributed by atoms with Crippen molar-refractivity contribution in [1.29, 1.82) is 0 Å². The smallest absolute Gasteiger partial charge is 0.133 e. The van der Waals surface area contributed by atoms with Gasteiger partial charge < -0.3 is 5.11 Å². The summed E-state index contributed by atoms with van der Waals surface area (Å²) < 4.78 is 0.843. The molecule has 0 spiro atoms. The van der Waals surface area contributed by atoms with Gasteiger partial charge in [0.1, 0.15) is 5.75 Å². The second kappa shape index (κ2) is 3.44. The summed E-state index contributed by atoms with van der Waals surface area (Å²) in [4.78, 5) is 0. The van der Waals surface area contributed by atoms with Gasteiger partial charge in [0.25, 0.3) is 0 Å². The van der Waals surface area contributed by atoms with Crippen LogP contribution < -0.4 is 0 Å². The van der Waals surface area contributed by atoms with E-state index in [4.69, 9.17) is 11.6 Å². The molecule has 0 radical (unpaired) electrons. The van der Waals surface area contributed by atoms with Gasteiger partial charge in [0.05, 0.1) is 9.45 Å². The minimum absolute atomic E-state index is 0.304. The SMILES string of the molecule is Oc1c(I)cccc1CCl. The second-order valence-electron chi connectivity index (χ2n) is 1.88. The van der Waals surface area contributed by atoms with Crippen LogP contribution in [-0.4, -0.2) is 5.11 Å². The average molecular weight is 268 g/mol. The zero-order valence-electron chi connectivity index (χ0n) is 5.14. The van der Waals surface area contributed by atoms with Crippen molar-refractivity contribution < 1.29 is 5.11 Å². The fourth-order valence-electron chi connectivity index (χ4n) is 0.668. The fourth-order valence-corrected chi connectivity index (χ4v) is 1.44. The zero-order chi connectivity index (χ0) is 7.56. The Hall–Kier alpha value is 0.0400. The molecule has 1 aromatic rings. The molecule has 0 aromatic heterocycles. The second-order valence-corrected chi connectivity index (χ2v) is 3.31. The molecule has 3 heteroatoms. The van der Waals surface area contributed by atoms with E-state index in [1.807, 2.05) is 18.2 Å². The van der Waals surface area contributed by atoms with Crippen molar-refractivity contribution in [2.45, 2.75) is 5.88 Å². The Labute approximate surface area is 78.2 Å². The summed E-state index contributed by atoms with van der Waals surface area (Å²) in [6, 6.07) is 5.52. The normalized spacial score (nSPS) is 9.80.